The predicted octanol–water partition coefficient (Wildman–Crippen LogP) is 0.872. The maximum atomic E-state index is 11.9. The van der Waals surface area contributed by atoms with Crippen LogP contribution in [0.15, 0.2) is 0 Å². The third kappa shape index (κ3) is 3.51. The summed E-state index contributed by atoms with van der Waals surface area (Å²) < 4.78 is 5.71. The Balaban J connectivity index is 2.03. The van der Waals surface area contributed by atoms with Gasteiger partial charge in [0.05, 0.1) is 11.6 Å². The van der Waals surface area contributed by atoms with Crippen molar-refractivity contribution in [2.75, 3.05) is 19.7 Å². The number of hydrogen-bond acceptors (Lipinski definition) is 4. The molecule has 0 spiro atoms. The van der Waals surface area contributed by atoms with E-state index in [9.17, 15) is 4.79 Å². The molecule has 0 bridgehead atoms. The summed E-state index contributed by atoms with van der Waals surface area (Å²) in [7, 11) is 0. The van der Waals surface area contributed by atoms with Gasteiger partial charge in [-0.2, -0.15) is 0 Å². The van der Waals surface area contributed by atoms with Gasteiger partial charge in [-0.15, -0.1) is 0 Å². The zero-order valence-corrected chi connectivity index (χ0v) is 13.0. The van der Waals surface area contributed by atoms with Gasteiger partial charge < -0.3 is 15.8 Å². The lowest BCUT2D eigenvalue weighted by molar-refractivity contribution is -0.124. The zero-order valence-electron chi connectivity index (χ0n) is 13.0. The minimum Gasteiger partial charge on any atom is -0.377 e. The topological polar surface area (TPSA) is 67.6 Å². The van der Waals surface area contributed by atoms with Crippen LogP contribution in [-0.2, 0) is 9.53 Å². The first-order valence-corrected chi connectivity index (χ1v) is 7.86. The van der Waals surface area contributed by atoms with E-state index in [1.54, 1.807) is 0 Å². The van der Waals surface area contributed by atoms with Gasteiger partial charge in [0.15, 0.2) is 0 Å². The molecule has 0 aromatic heterocycles. The van der Waals surface area contributed by atoms with Crippen molar-refractivity contribution >= 4 is 5.91 Å². The Morgan fingerprint density at radius 2 is 2.25 bits per heavy atom. The maximum absolute atomic E-state index is 11.9. The Kier molecular flexibility index (Phi) is 5.04. The number of nitrogens with one attached hydrogen (secondary N) is 1. The SMILES string of the molecule is CC(C)NC1(C(N)=O)CCC(N2CCCOC(C)C2)C1. The van der Waals surface area contributed by atoms with Crippen molar-refractivity contribution in [1.29, 1.82) is 0 Å². The Hall–Kier alpha value is -0.650. The van der Waals surface area contributed by atoms with Crippen LogP contribution in [0.3, 0.4) is 0 Å². The van der Waals surface area contributed by atoms with E-state index in [0.717, 1.165) is 45.4 Å². The van der Waals surface area contributed by atoms with Crippen LogP contribution in [0.1, 0.15) is 46.5 Å². The third-order valence-corrected chi connectivity index (χ3v) is 4.53. The molecule has 2 aliphatic rings. The Morgan fingerprint density at radius 3 is 2.90 bits per heavy atom. The number of hydrogen-bond donors (Lipinski definition) is 2. The molecule has 1 aliphatic heterocycles. The van der Waals surface area contributed by atoms with Crippen LogP contribution in [-0.4, -0.2) is 54.2 Å². The lowest BCUT2D eigenvalue weighted by atomic mass is 9.95. The molecule has 1 saturated heterocycles. The average Bonchev–Trinajstić information content (AvgIpc) is 2.66. The minimum absolute atomic E-state index is 0.201. The first-order chi connectivity index (χ1) is 9.43. The molecule has 0 aromatic rings. The highest BCUT2D eigenvalue weighted by molar-refractivity contribution is 5.85. The largest absolute Gasteiger partial charge is 0.377 e. The van der Waals surface area contributed by atoms with Crippen molar-refractivity contribution in [3.05, 3.63) is 0 Å². The summed E-state index contributed by atoms with van der Waals surface area (Å²) in [4.78, 5) is 14.4. The molecule has 5 nitrogen and oxygen atoms in total. The molecule has 0 radical (unpaired) electrons. The van der Waals surface area contributed by atoms with Crippen LogP contribution in [0.4, 0.5) is 0 Å². The van der Waals surface area contributed by atoms with E-state index in [1.807, 2.05) is 0 Å². The van der Waals surface area contributed by atoms with E-state index < -0.39 is 5.54 Å². The van der Waals surface area contributed by atoms with E-state index in [4.69, 9.17) is 10.5 Å². The van der Waals surface area contributed by atoms with Crippen molar-refractivity contribution in [1.82, 2.24) is 10.2 Å². The molecular formula is C15H29N3O2. The molecule has 20 heavy (non-hydrogen) atoms. The number of nitrogens with two attached hydrogens (primary N) is 1. The molecule has 1 aliphatic carbocycles. The second kappa shape index (κ2) is 6.41. The van der Waals surface area contributed by atoms with Gasteiger partial charge in [0.1, 0.15) is 0 Å². The zero-order chi connectivity index (χ0) is 14.8. The lowest BCUT2D eigenvalue weighted by Crippen LogP contribution is -2.57. The molecule has 2 fully saturated rings. The van der Waals surface area contributed by atoms with E-state index in [-0.39, 0.29) is 18.1 Å². The van der Waals surface area contributed by atoms with Crippen molar-refractivity contribution in [3.63, 3.8) is 0 Å². The summed E-state index contributed by atoms with van der Waals surface area (Å²) in [5.74, 6) is -0.201. The second-order valence-electron chi connectivity index (χ2n) is 6.67. The monoisotopic (exact) mass is 283 g/mol. The standard InChI is InChI=1S/C15H29N3O2/c1-11(2)17-15(14(16)19)6-5-13(9-15)18-7-4-8-20-12(3)10-18/h11-13,17H,4-10H2,1-3H3,(H2,16,19). The Labute approximate surface area is 122 Å². The summed E-state index contributed by atoms with van der Waals surface area (Å²) in [6.45, 7) is 9.13. The second-order valence-corrected chi connectivity index (χ2v) is 6.67. The fourth-order valence-corrected chi connectivity index (χ4v) is 3.67. The van der Waals surface area contributed by atoms with Crippen LogP contribution in [0, 0.1) is 0 Å². The number of ether oxygens (including phenoxy) is 1. The number of rotatable bonds is 4. The first-order valence-electron chi connectivity index (χ1n) is 7.86. The molecular weight excluding hydrogens is 254 g/mol. The van der Waals surface area contributed by atoms with Crippen LogP contribution < -0.4 is 11.1 Å². The summed E-state index contributed by atoms with van der Waals surface area (Å²) in [6.07, 6.45) is 4.06. The summed E-state index contributed by atoms with van der Waals surface area (Å²) in [5, 5.41) is 3.42. The van der Waals surface area contributed by atoms with E-state index in [0.29, 0.717) is 6.04 Å². The van der Waals surface area contributed by atoms with E-state index in [1.165, 1.54) is 0 Å². The molecule has 0 aromatic carbocycles. The van der Waals surface area contributed by atoms with Gasteiger partial charge in [-0.25, -0.2) is 0 Å². The Bertz CT molecular complexity index is 348. The molecule has 116 valence electrons. The van der Waals surface area contributed by atoms with Crippen LogP contribution in [0.2, 0.25) is 0 Å². The predicted molar refractivity (Wildman–Crippen MR) is 79.4 cm³/mol. The van der Waals surface area contributed by atoms with Gasteiger partial charge in [-0.05, 0) is 46.5 Å². The number of nitrogens with zero attached hydrogens (tertiary/aromatic N) is 1. The van der Waals surface area contributed by atoms with Crippen LogP contribution in [0.25, 0.3) is 0 Å². The molecule has 3 atom stereocenters. The maximum Gasteiger partial charge on any atom is 0.237 e. The molecule has 1 heterocycles. The number of carbonyl (C=O) groups is 1. The summed E-state index contributed by atoms with van der Waals surface area (Å²) in [6, 6.07) is 0.713. The number of primary amides is 1. The smallest absolute Gasteiger partial charge is 0.237 e. The fraction of sp³-hybridized carbons (Fsp3) is 0.933. The highest BCUT2D eigenvalue weighted by Gasteiger charge is 2.46. The molecule has 1 saturated carbocycles. The minimum atomic E-state index is -0.519. The lowest BCUT2D eigenvalue weighted by Gasteiger charge is -2.32. The normalized spacial score (nSPS) is 36.2. The van der Waals surface area contributed by atoms with Gasteiger partial charge in [0, 0.05) is 31.8 Å². The van der Waals surface area contributed by atoms with Gasteiger partial charge in [-0.3, -0.25) is 9.69 Å². The highest BCUT2D eigenvalue weighted by Crippen LogP contribution is 2.34. The molecule has 2 rings (SSSR count). The van der Waals surface area contributed by atoms with E-state index >= 15 is 0 Å². The van der Waals surface area contributed by atoms with Crippen LogP contribution >= 0.6 is 0 Å². The first kappa shape index (κ1) is 15.7. The van der Waals surface area contributed by atoms with Crippen LogP contribution in [0.5, 0.6) is 0 Å². The number of carbonyl (C=O) groups excluding carboxylic acids is 1. The fourth-order valence-electron chi connectivity index (χ4n) is 3.67. The van der Waals surface area contributed by atoms with Gasteiger partial charge >= 0.3 is 0 Å². The van der Waals surface area contributed by atoms with Gasteiger partial charge in [0.25, 0.3) is 0 Å². The molecule has 3 unspecified atom stereocenters. The summed E-state index contributed by atoms with van der Waals surface area (Å²) in [5.41, 5.74) is 5.17. The molecule has 3 N–H and O–H groups in total. The average molecular weight is 283 g/mol. The van der Waals surface area contributed by atoms with Crippen molar-refractivity contribution in [2.45, 2.75) is 70.2 Å². The van der Waals surface area contributed by atoms with Crippen molar-refractivity contribution in [2.24, 2.45) is 5.73 Å². The molecule has 5 heteroatoms. The number of amides is 1. The highest BCUT2D eigenvalue weighted by atomic mass is 16.5. The van der Waals surface area contributed by atoms with Crippen molar-refractivity contribution in [3.8, 4) is 0 Å². The Morgan fingerprint density at radius 1 is 1.50 bits per heavy atom. The molecule has 1 amide bonds. The van der Waals surface area contributed by atoms with Crippen molar-refractivity contribution < 1.29 is 9.53 Å². The third-order valence-electron chi connectivity index (χ3n) is 4.53. The van der Waals surface area contributed by atoms with Gasteiger partial charge in [-0.1, -0.05) is 0 Å². The quantitative estimate of drug-likeness (QED) is 0.803. The summed E-state index contributed by atoms with van der Waals surface area (Å²) >= 11 is 0. The van der Waals surface area contributed by atoms with E-state index in [2.05, 4.69) is 31.0 Å². The van der Waals surface area contributed by atoms with Gasteiger partial charge in [0.2, 0.25) is 5.91 Å².